The van der Waals surface area contributed by atoms with Crippen LogP contribution in [0, 0.1) is 6.92 Å². The first-order chi connectivity index (χ1) is 6.94. The van der Waals surface area contributed by atoms with E-state index in [4.69, 9.17) is 5.53 Å². The molecule has 0 aliphatic heterocycles. The van der Waals surface area contributed by atoms with Crippen LogP contribution in [0.3, 0.4) is 0 Å². The van der Waals surface area contributed by atoms with Gasteiger partial charge in [-0.15, -0.1) is 13.2 Å². The van der Waals surface area contributed by atoms with Gasteiger partial charge in [0.05, 0.1) is 0 Å². The van der Waals surface area contributed by atoms with Crippen LogP contribution in [0.1, 0.15) is 5.56 Å². The van der Waals surface area contributed by atoms with Gasteiger partial charge in [0.15, 0.2) is 0 Å². The molecule has 0 heterocycles. The predicted octanol–water partition coefficient (Wildman–Crippen LogP) is 3.84. The van der Waals surface area contributed by atoms with Crippen molar-refractivity contribution in [2.24, 2.45) is 5.11 Å². The molecule has 0 spiro atoms. The minimum Gasteiger partial charge on any atom is -0.406 e. The molecule has 4 nitrogen and oxygen atoms in total. The van der Waals surface area contributed by atoms with E-state index in [-0.39, 0.29) is 17.0 Å². The van der Waals surface area contributed by atoms with Gasteiger partial charge in [0.1, 0.15) is 5.75 Å². The molecule has 0 N–H and O–H groups in total. The van der Waals surface area contributed by atoms with E-state index in [9.17, 15) is 13.2 Å². The molecule has 0 bridgehead atoms. The number of halogens is 3. The molecule has 0 unspecified atom stereocenters. The molecule has 80 valence electrons. The normalized spacial score (nSPS) is 10.7. The van der Waals surface area contributed by atoms with Crippen molar-refractivity contribution >= 4 is 5.69 Å². The smallest absolute Gasteiger partial charge is 0.406 e. The van der Waals surface area contributed by atoms with Crippen LogP contribution in [0.2, 0.25) is 0 Å². The Morgan fingerprint density at radius 3 is 2.60 bits per heavy atom. The summed E-state index contributed by atoms with van der Waals surface area (Å²) < 4.78 is 39.5. The van der Waals surface area contributed by atoms with E-state index in [1.807, 2.05) is 0 Å². The Kier molecular flexibility index (Phi) is 3.06. The van der Waals surface area contributed by atoms with Crippen molar-refractivity contribution in [3.05, 3.63) is 34.2 Å². The molecule has 0 aliphatic carbocycles. The number of ether oxygens (including phenoxy) is 1. The van der Waals surface area contributed by atoms with E-state index >= 15 is 0 Å². The van der Waals surface area contributed by atoms with Gasteiger partial charge in [0.2, 0.25) is 0 Å². The lowest BCUT2D eigenvalue weighted by Gasteiger charge is -2.11. The monoisotopic (exact) mass is 217 g/mol. The van der Waals surface area contributed by atoms with Crippen LogP contribution >= 0.6 is 0 Å². The molecular weight excluding hydrogens is 211 g/mol. The predicted molar refractivity (Wildman–Crippen MR) is 46.7 cm³/mol. The first kappa shape index (κ1) is 11.2. The maximum atomic E-state index is 11.9. The number of hydrogen-bond acceptors (Lipinski definition) is 2. The van der Waals surface area contributed by atoms with Crippen molar-refractivity contribution in [2.75, 3.05) is 0 Å². The summed E-state index contributed by atoms with van der Waals surface area (Å²) in [5.41, 5.74) is 8.42. The Balaban J connectivity index is 3.10. The molecule has 7 heteroatoms. The Labute approximate surface area is 82.9 Å². The third kappa shape index (κ3) is 3.07. The van der Waals surface area contributed by atoms with Gasteiger partial charge in [0.25, 0.3) is 0 Å². The van der Waals surface area contributed by atoms with Gasteiger partial charge in [-0.2, -0.15) is 0 Å². The van der Waals surface area contributed by atoms with Crippen molar-refractivity contribution in [2.45, 2.75) is 13.3 Å². The first-order valence-electron chi connectivity index (χ1n) is 3.84. The van der Waals surface area contributed by atoms with E-state index < -0.39 is 6.36 Å². The Morgan fingerprint density at radius 2 is 2.07 bits per heavy atom. The number of nitrogens with zero attached hydrogens (tertiary/aromatic N) is 3. The average molecular weight is 217 g/mol. The summed E-state index contributed by atoms with van der Waals surface area (Å²) in [7, 11) is 0. The van der Waals surface area contributed by atoms with Gasteiger partial charge < -0.3 is 4.74 Å². The Hall–Kier alpha value is -1.88. The third-order valence-corrected chi connectivity index (χ3v) is 1.63. The van der Waals surface area contributed by atoms with Crippen LogP contribution in [0.25, 0.3) is 10.4 Å². The van der Waals surface area contributed by atoms with Crippen LogP contribution in [-0.2, 0) is 0 Å². The largest absolute Gasteiger partial charge is 0.573 e. The summed E-state index contributed by atoms with van der Waals surface area (Å²) in [5, 5.41) is 3.23. The quantitative estimate of drug-likeness (QED) is 0.421. The number of alkyl halides is 3. The van der Waals surface area contributed by atoms with E-state index in [1.54, 1.807) is 0 Å². The van der Waals surface area contributed by atoms with Crippen LogP contribution in [0.15, 0.2) is 23.3 Å². The maximum Gasteiger partial charge on any atom is 0.573 e. The highest BCUT2D eigenvalue weighted by Crippen LogP contribution is 2.31. The summed E-state index contributed by atoms with van der Waals surface area (Å²) in [4.78, 5) is 2.49. The fourth-order valence-electron chi connectivity index (χ4n) is 0.995. The highest BCUT2D eigenvalue weighted by atomic mass is 19.4. The van der Waals surface area contributed by atoms with E-state index in [2.05, 4.69) is 14.8 Å². The molecule has 0 aromatic heterocycles. The minimum atomic E-state index is -4.75. The number of azide groups is 1. The number of hydrogen-bond donors (Lipinski definition) is 0. The van der Waals surface area contributed by atoms with Crippen LogP contribution < -0.4 is 4.74 Å². The lowest BCUT2D eigenvalue weighted by molar-refractivity contribution is -0.274. The zero-order valence-corrected chi connectivity index (χ0v) is 7.62. The maximum absolute atomic E-state index is 11.9. The topological polar surface area (TPSA) is 58.0 Å². The van der Waals surface area contributed by atoms with Crippen molar-refractivity contribution in [3.63, 3.8) is 0 Å². The molecule has 0 radical (unpaired) electrons. The van der Waals surface area contributed by atoms with Crippen molar-refractivity contribution in [3.8, 4) is 5.75 Å². The van der Waals surface area contributed by atoms with Crippen molar-refractivity contribution < 1.29 is 17.9 Å². The van der Waals surface area contributed by atoms with Crippen molar-refractivity contribution in [1.29, 1.82) is 0 Å². The van der Waals surface area contributed by atoms with E-state index in [0.29, 0.717) is 0 Å². The minimum absolute atomic E-state index is 0.110. The van der Waals surface area contributed by atoms with Crippen LogP contribution in [0.5, 0.6) is 5.75 Å². The van der Waals surface area contributed by atoms with Crippen LogP contribution in [0.4, 0.5) is 18.9 Å². The van der Waals surface area contributed by atoms with Gasteiger partial charge >= 0.3 is 6.36 Å². The Bertz CT molecular complexity index is 410. The summed E-state index contributed by atoms with van der Waals surface area (Å²) in [6.07, 6.45) is -4.75. The summed E-state index contributed by atoms with van der Waals surface area (Å²) in [6, 6.07) is 3.87. The summed E-state index contributed by atoms with van der Waals surface area (Å²) >= 11 is 0. The lowest BCUT2D eigenvalue weighted by Crippen LogP contribution is -2.17. The molecule has 0 atom stereocenters. The summed E-state index contributed by atoms with van der Waals surface area (Å²) in [5.74, 6) is -0.368. The zero-order valence-electron chi connectivity index (χ0n) is 7.62. The van der Waals surface area contributed by atoms with Crippen LogP contribution in [-0.4, -0.2) is 6.36 Å². The molecule has 0 amide bonds. The van der Waals surface area contributed by atoms with E-state index in [1.165, 1.54) is 19.1 Å². The van der Waals surface area contributed by atoms with Gasteiger partial charge in [-0.3, -0.25) is 0 Å². The van der Waals surface area contributed by atoms with Gasteiger partial charge in [-0.05, 0) is 18.5 Å². The second-order valence-corrected chi connectivity index (χ2v) is 2.64. The van der Waals surface area contributed by atoms with Crippen molar-refractivity contribution in [1.82, 2.24) is 0 Å². The zero-order chi connectivity index (χ0) is 11.5. The highest BCUT2D eigenvalue weighted by molar-refractivity contribution is 5.52. The molecule has 1 rings (SSSR count). The standard InChI is InChI=1S/C8H6F3N3O/c1-5-6(13-14-12)3-2-4-7(5)15-8(9,10)11/h2-4H,1H3. The second-order valence-electron chi connectivity index (χ2n) is 2.64. The van der Waals surface area contributed by atoms with E-state index in [0.717, 1.165) is 6.07 Å². The fourth-order valence-corrected chi connectivity index (χ4v) is 0.995. The second kappa shape index (κ2) is 4.10. The van der Waals surface area contributed by atoms with Gasteiger partial charge in [-0.1, -0.05) is 17.2 Å². The Morgan fingerprint density at radius 1 is 1.40 bits per heavy atom. The lowest BCUT2D eigenvalue weighted by atomic mass is 10.2. The fraction of sp³-hybridized carbons (Fsp3) is 0.250. The highest BCUT2D eigenvalue weighted by Gasteiger charge is 2.31. The first-order valence-corrected chi connectivity index (χ1v) is 3.84. The molecule has 0 saturated heterocycles. The van der Waals surface area contributed by atoms with Gasteiger partial charge in [0, 0.05) is 16.2 Å². The third-order valence-electron chi connectivity index (χ3n) is 1.63. The average Bonchev–Trinajstić information content (AvgIpc) is 2.10. The summed E-state index contributed by atoms with van der Waals surface area (Å²) in [6.45, 7) is 1.38. The molecule has 1 aromatic rings. The number of rotatable bonds is 2. The molecule has 15 heavy (non-hydrogen) atoms. The molecule has 0 saturated carbocycles. The SMILES string of the molecule is Cc1c(N=[N+]=[N-])cccc1OC(F)(F)F. The molecule has 1 aromatic carbocycles. The molecule has 0 aliphatic rings. The molecular formula is C8H6F3N3O. The molecule has 0 fully saturated rings. The number of benzene rings is 1. The van der Waals surface area contributed by atoms with Gasteiger partial charge in [-0.25, -0.2) is 0 Å².